The molecular weight excluding hydrogens is 268 g/mol. The first-order valence-electron chi connectivity index (χ1n) is 6.71. The molecule has 21 heavy (non-hydrogen) atoms. The topological polar surface area (TPSA) is 52.6 Å². The summed E-state index contributed by atoms with van der Waals surface area (Å²) in [6.07, 6.45) is 0. The summed E-state index contributed by atoms with van der Waals surface area (Å²) >= 11 is 0. The first-order valence-corrected chi connectivity index (χ1v) is 6.71. The molecule has 0 bridgehead atoms. The van der Waals surface area contributed by atoms with Crippen LogP contribution in [0, 0.1) is 0 Å². The van der Waals surface area contributed by atoms with Crippen molar-refractivity contribution < 1.29 is 19.1 Å². The Labute approximate surface area is 122 Å². The Morgan fingerprint density at radius 2 is 1.38 bits per heavy atom. The molecule has 0 fully saturated rings. The van der Waals surface area contributed by atoms with Crippen LogP contribution < -0.4 is 9.47 Å². The first-order chi connectivity index (χ1) is 10.2. The monoisotopic (exact) mass is 282 g/mol. The predicted octanol–water partition coefficient (Wildman–Crippen LogP) is 2.87. The Hall–Kier alpha value is -2.62. The number of ether oxygens (including phenoxy) is 2. The maximum absolute atomic E-state index is 12.7. The zero-order valence-electron chi connectivity index (χ0n) is 11.8. The standard InChI is InChI=1S/C17H14O4/c1-3-21-13-9-8-12(20-2)14-15(13)17(19)11-7-5-4-6-10(11)16(14)18/h4-9H,3H2,1-2H3. The zero-order chi connectivity index (χ0) is 15.0. The molecule has 0 unspecified atom stereocenters. The number of hydrogen-bond donors (Lipinski definition) is 0. The minimum absolute atomic E-state index is 0.206. The van der Waals surface area contributed by atoms with Crippen molar-refractivity contribution in [3.63, 3.8) is 0 Å². The number of carbonyl (C=O) groups is 2. The second-order valence-corrected chi connectivity index (χ2v) is 4.65. The van der Waals surface area contributed by atoms with Crippen LogP contribution >= 0.6 is 0 Å². The Bertz CT molecular complexity index is 746. The van der Waals surface area contributed by atoms with E-state index in [0.29, 0.717) is 34.8 Å². The van der Waals surface area contributed by atoms with E-state index in [1.54, 1.807) is 36.4 Å². The number of benzene rings is 2. The summed E-state index contributed by atoms with van der Waals surface area (Å²) in [5.41, 5.74) is 1.39. The molecule has 0 saturated carbocycles. The van der Waals surface area contributed by atoms with Gasteiger partial charge in [0.2, 0.25) is 0 Å². The van der Waals surface area contributed by atoms with Crippen LogP contribution in [0.15, 0.2) is 36.4 Å². The Morgan fingerprint density at radius 1 is 0.857 bits per heavy atom. The predicted molar refractivity (Wildman–Crippen MR) is 77.5 cm³/mol. The van der Waals surface area contributed by atoms with Gasteiger partial charge in [-0.3, -0.25) is 9.59 Å². The largest absolute Gasteiger partial charge is 0.496 e. The van der Waals surface area contributed by atoms with Gasteiger partial charge < -0.3 is 9.47 Å². The lowest BCUT2D eigenvalue weighted by atomic mass is 9.83. The molecule has 0 spiro atoms. The molecule has 106 valence electrons. The molecule has 0 saturated heterocycles. The molecule has 0 radical (unpaired) electrons. The summed E-state index contributed by atoms with van der Waals surface area (Å²) in [7, 11) is 1.48. The van der Waals surface area contributed by atoms with Gasteiger partial charge in [-0.1, -0.05) is 24.3 Å². The molecule has 3 rings (SSSR count). The van der Waals surface area contributed by atoms with Gasteiger partial charge in [-0.15, -0.1) is 0 Å². The highest BCUT2D eigenvalue weighted by molar-refractivity contribution is 6.30. The third-order valence-electron chi connectivity index (χ3n) is 3.52. The van der Waals surface area contributed by atoms with E-state index in [9.17, 15) is 9.59 Å². The second-order valence-electron chi connectivity index (χ2n) is 4.65. The molecule has 0 heterocycles. The SMILES string of the molecule is CCOc1ccc(OC)c2c1C(=O)c1ccccc1C2=O. The molecule has 0 atom stereocenters. The molecule has 2 aromatic rings. The summed E-state index contributed by atoms with van der Waals surface area (Å²) in [6.45, 7) is 2.25. The van der Waals surface area contributed by atoms with Crippen molar-refractivity contribution in [1.82, 2.24) is 0 Å². The molecule has 1 aliphatic rings. The van der Waals surface area contributed by atoms with Crippen molar-refractivity contribution in [3.05, 3.63) is 58.7 Å². The Kier molecular flexibility index (Phi) is 3.22. The van der Waals surface area contributed by atoms with Gasteiger partial charge in [0.15, 0.2) is 11.6 Å². The average Bonchev–Trinajstić information content (AvgIpc) is 2.52. The third-order valence-corrected chi connectivity index (χ3v) is 3.52. The molecule has 4 nitrogen and oxygen atoms in total. The Balaban J connectivity index is 2.32. The van der Waals surface area contributed by atoms with Crippen LogP contribution in [0.5, 0.6) is 11.5 Å². The van der Waals surface area contributed by atoms with Crippen molar-refractivity contribution in [2.45, 2.75) is 6.92 Å². The number of carbonyl (C=O) groups excluding carboxylic acids is 2. The van der Waals surface area contributed by atoms with E-state index in [1.165, 1.54) is 7.11 Å². The van der Waals surface area contributed by atoms with E-state index in [-0.39, 0.29) is 17.1 Å². The van der Waals surface area contributed by atoms with Gasteiger partial charge in [-0.25, -0.2) is 0 Å². The fourth-order valence-corrected chi connectivity index (χ4v) is 2.61. The summed E-state index contributed by atoms with van der Waals surface area (Å²) in [6, 6.07) is 10.1. The van der Waals surface area contributed by atoms with Crippen LogP contribution in [0.25, 0.3) is 0 Å². The smallest absolute Gasteiger partial charge is 0.198 e. The lowest BCUT2D eigenvalue weighted by Gasteiger charge is -2.21. The number of hydrogen-bond acceptors (Lipinski definition) is 4. The van der Waals surface area contributed by atoms with Crippen molar-refractivity contribution in [2.75, 3.05) is 13.7 Å². The van der Waals surface area contributed by atoms with E-state index in [0.717, 1.165) is 0 Å². The van der Waals surface area contributed by atoms with Crippen molar-refractivity contribution in [1.29, 1.82) is 0 Å². The van der Waals surface area contributed by atoms with Gasteiger partial charge in [0, 0.05) is 11.1 Å². The zero-order valence-corrected chi connectivity index (χ0v) is 11.8. The highest BCUT2D eigenvalue weighted by Gasteiger charge is 2.34. The fraction of sp³-hybridized carbons (Fsp3) is 0.176. The fourth-order valence-electron chi connectivity index (χ4n) is 2.61. The number of ketones is 2. The van der Waals surface area contributed by atoms with Gasteiger partial charge >= 0.3 is 0 Å². The molecule has 0 aromatic heterocycles. The van der Waals surface area contributed by atoms with Crippen LogP contribution in [0.2, 0.25) is 0 Å². The van der Waals surface area contributed by atoms with Gasteiger partial charge in [0.05, 0.1) is 24.8 Å². The summed E-state index contributed by atoms with van der Waals surface area (Å²) < 4.78 is 10.8. The van der Waals surface area contributed by atoms with Crippen molar-refractivity contribution in [3.8, 4) is 11.5 Å². The molecule has 1 aliphatic carbocycles. The minimum Gasteiger partial charge on any atom is -0.496 e. The van der Waals surface area contributed by atoms with Crippen molar-refractivity contribution in [2.24, 2.45) is 0 Å². The van der Waals surface area contributed by atoms with Crippen molar-refractivity contribution >= 4 is 11.6 Å². The number of methoxy groups -OCH3 is 1. The van der Waals surface area contributed by atoms with Gasteiger partial charge in [0.1, 0.15) is 11.5 Å². The summed E-state index contributed by atoms with van der Waals surface area (Å²) in [5, 5.41) is 0. The molecule has 2 aromatic carbocycles. The minimum atomic E-state index is -0.210. The quantitative estimate of drug-likeness (QED) is 0.741. The molecule has 4 heteroatoms. The highest BCUT2D eigenvalue weighted by Crippen LogP contribution is 2.38. The van der Waals surface area contributed by atoms with Gasteiger partial charge in [-0.05, 0) is 19.1 Å². The molecule has 0 N–H and O–H groups in total. The van der Waals surface area contributed by atoms with Crippen LogP contribution in [0.4, 0.5) is 0 Å². The summed E-state index contributed by atoms with van der Waals surface area (Å²) in [4.78, 5) is 25.4. The van der Waals surface area contributed by atoms with Crippen LogP contribution in [0.1, 0.15) is 38.8 Å². The van der Waals surface area contributed by atoms with E-state index >= 15 is 0 Å². The van der Waals surface area contributed by atoms with E-state index in [2.05, 4.69) is 0 Å². The third kappa shape index (κ3) is 1.91. The normalized spacial score (nSPS) is 12.7. The van der Waals surface area contributed by atoms with E-state index < -0.39 is 0 Å². The van der Waals surface area contributed by atoms with Crippen LogP contribution in [0.3, 0.4) is 0 Å². The molecule has 0 aliphatic heterocycles. The highest BCUT2D eigenvalue weighted by atomic mass is 16.5. The average molecular weight is 282 g/mol. The maximum Gasteiger partial charge on any atom is 0.198 e. The number of fused-ring (bicyclic) bond motifs is 2. The number of rotatable bonds is 3. The van der Waals surface area contributed by atoms with Crippen LogP contribution in [-0.2, 0) is 0 Å². The second kappa shape index (κ2) is 5.05. The van der Waals surface area contributed by atoms with Gasteiger partial charge in [0.25, 0.3) is 0 Å². The molecular formula is C17H14O4. The lowest BCUT2D eigenvalue weighted by Crippen LogP contribution is -2.22. The molecule has 0 amide bonds. The van der Waals surface area contributed by atoms with E-state index in [4.69, 9.17) is 9.47 Å². The first kappa shape index (κ1) is 13.4. The van der Waals surface area contributed by atoms with Crippen LogP contribution in [-0.4, -0.2) is 25.3 Å². The Morgan fingerprint density at radius 3 is 1.90 bits per heavy atom. The lowest BCUT2D eigenvalue weighted by molar-refractivity contribution is 0.0973. The van der Waals surface area contributed by atoms with Gasteiger partial charge in [-0.2, -0.15) is 0 Å². The van der Waals surface area contributed by atoms with E-state index in [1.807, 2.05) is 6.92 Å². The maximum atomic E-state index is 12.7. The summed E-state index contributed by atoms with van der Waals surface area (Å²) in [5.74, 6) is 0.392.